The van der Waals surface area contributed by atoms with Gasteiger partial charge in [0.2, 0.25) is 0 Å². The third-order valence-electron chi connectivity index (χ3n) is 6.42. The lowest BCUT2D eigenvalue weighted by molar-refractivity contribution is -0.138. The summed E-state index contributed by atoms with van der Waals surface area (Å²) in [7, 11) is -4.37. The molecule has 1 aliphatic carbocycles. The fraction of sp³-hybridized carbons (Fsp3) is 0.458. The van der Waals surface area contributed by atoms with Crippen LogP contribution in [0.15, 0.2) is 47.4 Å². The minimum atomic E-state index is -4.69. The van der Waals surface area contributed by atoms with Crippen LogP contribution in [0.2, 0.25) is 0 Å². The second-order valence-electron chi connectivity index (χ2n) is 8.80. The molecule has 10 heteroatoms. The number of halogens is 3. The smallest absolute Gasteiger partial charge is 0.416 e. The van der Waals surface area contributed by atoms with Crippen LogP contribution in [-0.2, 0) is 21.0 Å². The highest BCUT2D eigenvalue weighted by atomic mass is 32.2. The zero-order chi connectivity index (χ0) is 24.5. The van der Waals surface area contributed by atoms with Gasteiger partial charge in [-0.2, -0.15) is 13.2 Å². The van der Waals surface area contributed by atoms with Crippen molar-refractivity contribution in [1.29, 1.82) is 0 Å². The number of sulfonamides is 1. The predicted octanol–water partition coefficient (Wildman–Crippen LogP) is 5.57. The molecule has 34 heavy (non-hydrogen) atoms. The molecule has 1 unspecified atom stereocenters. The van der Waals surface area contributed by atoms with Crippen molar-refractivity contribution < 1.29 is 36.2 Å². The number of aliphatic carboxylic acids is 1. The molecule has 2 aliphatic rings. The molecule has 0 aromatic heterocycles. The van der Waals surface area contributed by atoms with Crippen molar-refractivity contribution in [2.75, 3.05) is 10.8 Å². The Balaban J connectivity index is 1.75. The number of hydrogen-bond donors (Lipinski definition) is 1. The Hall–Kier alpha value is -2.75. The van der Waals surface area contributed by atoms with E-state index in [9.17, 15) is 26.4 Å². The molecule has 1 saturated carbocycles. The van der Waals surface area contributed by atoms with E-state index in [2.05, 4.69) is 0 Å². The summed E-state index contributed by atoms with van der Waals surface area (Å²) >= 11 is 0. The van der Waals surface area contributed by atoms with E-state index in [0.29, 0.717) is 6.07 Å². The second kappa shape index (κ2) is 9.48. The molecule has 6 nitrogen and oxygen atoms in total. The lowest BCUT2D eigenvalue weighted by Crippen LogP contribution is -2.43. The van der Waals surface area contributed by atoms with Gasteiger partial charge in [0, 0.05) is 6.42 Å². The maximum absolute atomic E-state index is 13.6. The number of benzene rings is 2. The lowest BCUT2D eigenvalue weighted by atomic mass is 9.84. The van der Waals surface area contributed by atoms with E-state index in [1.54, 1.807) is 12.1 Å². The molecule has 0 spiro atoms. The number of alkyl halides is 3. The number of rotatable bonds is 6. The first-order valence-electron chi connectivity index (χ1n) is 11.3. The fourth-order valence-corrected chi connectivity index (χ4v) is 6.19. The average molecular weight is 498 g/mol. The van der Waals surface area contributed by atoms with Gasteiger partial charge in [0.05, 0.1) is 22.7 Å². The summed E-state index contributed by atoms with van der Waals surface area (Å²) in [5.41, 5.74) is 0.183. The molecule has 0 bridgehead atoms. The van der Waals surface area contributed by atoms with Gasteiger partial charge in [-0.15, -0.1) is 0 Å². The van der Waals surface area contributed by atoms with Crippen molar-refractivity contribution in [3.63, 3.8) is 0 Å². The van der Waals surface area contributed by atoms with Crippen LogP contribution in [0.5, 0.6) is 5.75 Å². The van der Waals surface area contributed by atoms with Gasteiger partial charge in [0.1, 0.15) is 11.9 Å². The standard InChI is InChI=1S/C24H26F3NO5S/c25-24(26,27)18-7-4-8-20(14-18)34(31,32)28-15-19(10-12-23(29)30)33-22-11-9-17(13-21(22)28)16-5-2-1-3-6-16/h4,7-9,11,13-14,16,19H,1-3,5-6,10,12,15H2,(H,29,30). The van der Waals surface area contributed by atoms with Crippen LogP contribution >= 0.6 is 0 Å². The number of ether oxygens (including phenoxy) is 1. The summed E-state index contributed by atoms with van der Waals surface area (Å²) in [6.45, 7) is -0.188. The summed E-state index contributed by atoms with van der Waals surface area (Å²) < 4.78 is 73.9. The van der Waals surface area contributed by atoms with E-state index < -0.39 is 38.7 Å². The number of fused-ring (bicyclic) bond motifs is 1. The second-order valence-corrected chi connectivity index (χ2v) is 10.7. The van der Waals surface area contributed by atoms with Gasteiger partial charge >= 0.3 is 12.1 Å². The van der Waals surface area contributed by atoms with Crippen LogP contribution in [0, 0.1) is 0 Å². The lowest BCUT2D eigenvalue weighted by Gasteiger charge is -2.36. The number of hydrogen-bond acceptors (Lipinski definition) is 4. The van der Waals surface area contributed by atoms with Gasteiger partial charge in [-0.3, -0.25) is 9.10 Å². The molecule has 184 valence electrons. The number of carbonyl (C=O) groups is 1. The Morgan fingerprint density at radius 2 is 1.82 bits per heavy atom. The fourth-order valence-electron chi connectivity index (χ4n) is 4.64. The SMILES string of the molecule is O=C(O)CCC1CN(S(=O)(=O)c2cccc(C(F)(F)F)c2)c2cc(C3CCCCC3)ccc2O1. The molecule has 0 amide bonds. The monoisotopic (exact) mass is 497 g/mol. The van der Waals surface area contributed by atoms with Gasteiger partial charge in [-0.05, 0) is 61.1 Å². The van der Waals surface area contributed by atoms with Crippen molar-refractivity contribution in [1.82, 2.24) is 0 Å². The topological polar surface area (TPSA) is 83.9 Å². The number of carboxylic acids is 1. The number of anilines is 1. The third-order valence-corrected chi connectivity index (χ3v) is 8.20. The first-order valence-corrected chi connectivity index (χ1v) is 12.7. The molecule has 1 aliphatic heterocycles. The van der Waals surface area contributed by atoms with Crippen LogP contribution in [-0.4, -0.2) is 32.1 Å². The third kappa shape index (κ3) is 5.16. The van der Waals surface area contributed by atoms with Crippen LogP contribution in [0.1, 0.15) is 62.0 Å². The van der Waals surface area contributed by atoms with Crippen LogP contribution < -0.4 is 9.04 Å². The highest BCUT2D eigenvalue weighted by Gasteiger charge is 2.37. The van der Waals surface area contributed by atoms with E-state index >= 15 is 0 Å². The van der Waals surface area contributed by atoms with Crippen molar-refractivity contribution in [2.45, 2.75) is 68.0 Å². The van der Waals surface area contributed by atoms with E-state index in [1.165, 1.54) is 0 Å². The van der Waals surface area contributed by atoms with Crippen LogP contribution in [0.4, 0.5) is 18.9 Å². The van der Waals surface area contributed by atoms with Gasteiger partial charge in [-0.1, -0.05) is 31.4 Å². The summed E-state index contributed by atoms with van der Waals surface area (Å²) in [5, 5.41) is 9.04. The van der Waals surface area contributed by atoms with Crippen molar-refractivity contribution in [3.8, 4) is 5.75 Å². The molecule has 2 aromatic carbocycles. The van der Waals surface area contributed by atoms with E-state index in [1.807, 2.05) is 6.07 Å². The molecule has 0 saturated heterocycles. The van der Waals surface area contributed by atoms with Crippen molar-refractivity contribution >= 4 is 21.7 Å². The molecule has 4 rings (SSSR count). The first kappa shape index (κ1) is 24.4. The molecule has 2 aromatic rings. The Morgan fingerprint density at radius 3 is 2.50 bits per heavy atom. The van der Waals surface area contributed by atoms with Gasteiger partial charge < -0.3 is 9.84 Å². The first-order chi connectivity index (χ1) is 16.1. The summed E-state index contributed by atoms with van der Waals surface area (Å²) in [6.07, 6.45) is -0.291. The zero-order valence-electron chi connectivity index (χ0n) is 18.4. The Labute approximate surface area is 196 Å². The average Bonchev–Trinajstić information content (AvgIpc) is 2.82. The highest BCUT2D eigenvalue weighted by Crippen LogP contribution is 2.42. The Kier molecular flexibility index (Phi) is 6.80. The van der Waals surface area contributed by atoms with E-state index in [0.717, 1.165) is 60.2 Å². The largest absolute Gasteiger partial charge is 0.486 e. The molecule has 1 fully saturated rings. The van der Waals surface area contributed by atoms with E-state index in [-0.39, 0.29) is 36.7 Å². The summed E-state index contributed by atoms with van der Waals surface area (Å²) in [4.78, 5) is 10.6. The maximum atomic E-state index is 13.6. The van der Waals surface area contributed by atoms with Gasteiger partial charge in [0.15, 0.2) is 0 Å². The predicted molar refractivity (Wildman–Crippen MR) is 120 cm³/mol. The quantitative estimate of drug-likeness (QED) is 0.564. The molecule has 1 N–H and O–H groups in total. The number of carboxylic acid groups (broad SMARTS) is 1. The van der Waals surface area contributed by atoms with Crippen LogP contribution in [0.3, 0.4) is 0 Å². The molecule has 0 radical (unpaired) electrons. The minimum absolute atomic E-state index is 0.0633. The van der Waals surface area contributed by atoms with E-state index in [4.69, 9.17) is 9.84 Å². The van der Waals surface area contributed by atoms with Gasteiger partial charge in [0.25, 0.3) is 10.0 Å². The molecular weight excluding hydrogens is 471 g/mol. The van der Waals surface area contributed by atoms with Gasteiger partial charge in [-0.25, -0.2) is 8.42 Å². The van der Waals surface area contributed by atoms with Crippen molar-refractivity contribution in [2.24, 2.45) is 0 Å². The molecule has 1 atom stereocenters. The summed E-state index contributed by atoms with van der Waals surface area (Å²) in [6, 6.07) is 8.98. The highest BCUT2D eigenvalue weighted by molar-refractivity contribution is 7.92. The summed E-state index contributed by atoms with van der Waals surface area (Å²) in [5.74, 6) is -0.493. The maximum Gasteiger partial charge on any atom is 0.416 e. The molecule has 1 heterocycles. The minimum Gasteiger partial charge on any atom is -0.486 e. The van der Waals surface area contributed by atoms with Crippen molar-refractivity contribution in [3.05, 3.63) is 53.6 Å². The normalized spacial score (nSPS) is 19.4. The molecular formula is C24H26F3NO5S. The zero-order valence-corrected chi connectivity index (χ0v) is 19.2. The Morgan fingerprint density at radius 1 is 1.09 bits per heavy atom. The Bertz CT molecular complexity index is 1160. The van der Waals surface area contributed by atoms with Crippen LogP contribution in [0.25, 0.3) is 0 Å². The number of nitrogens with zero attached hydrogens (tertiary/aromatic N) is 1.